The summed E-state index contributed by atoms with van der Waals surface area (Å²) in [6.07, 6.45) is 2.05. The van der Waals surface area contributed by atoms with E-state index in [9.17, 15) is 0 Å². The first kappa shape index (κ1) is 10.1. The van der Waals surface area contributed by atoms with Gasteiger partial charge >= 0.3 is 0 Å². The third-order valence-corrected chi connectivity index (χ3v) is 2.54. The average molecular weight is 204 g/mol. The van der Waals surface area contributed by atoms with Crippen LogP contribution in [0.5, 0.6) is 5.75 Å². The molecular weight excluding hydrogens is 188 g/mol. The molecule has 0 aliphatic rings. The predicted molar refractivity (Wildman–Crippen MR) is 62.2 cm³/mol. The van der Waals surface area contributed by atoms with Crippen molar-refractivity contribution in [3.63, 3.8) is 0 Å². The zero-order valence-electron chi connectivity index (χ0n) is 9.13. The molecule has 3 nitrogen and oxygen atoms in total. The monoisotopic (exact) mass is 204 g/mol. The third-order valence-electron chi connectivity index (χ3n) is 2.54. The van der Waals surface area contributed by atoms with Crippen molar-refractivity contribution in [3.8, 4) is 5.75 Å². The van der Waals surface area contributed by atoms with E-state index in [0.29, 0.717) is 0 Å². The lowest BCUT2D eigenvalue weighted by Gasteiger charge is -2.02. The predicted octanol–water partition coefficient (Wildman–Crippen LogP) is 2.29. The second-order valence-corrected chi connectivity index (χ2v) is 3.51. The number of ether oxygens (including phenoxy) is 1. The van der Waals surface area contributed by atoms with Gasteiger partial charge in [-0.15, -0.1) is 0 Å². The van der Waals surface area contributed by atoms with Gasteiger partial charge in [-0.2, -0.15) is 0 Å². The Kier molecular flexibility index (Phi) is 2.92. The van der Waals surface area contributed by atoms with E-state index in [1.807, 2.05) is 18.3 Å². The van der Waals surface area contributed by atoms with Gasteiger partial charge in [0.05, 0.1) is 7.11 Å². The number of aromatic nitrogens is 1. The van der Waals surface area contributed by atoms with Gasteiger partial charge < -0.3 is 15.0 Å². The number of hydrogen-bond donors (Lipinski definition) is 2. The fraction of sp³-hybridized carbons (Fsp3) is 0.333. The van der Waals surface area contributed by atoms with Crippen LogP contribution in [-0.2, 0) is 6.54 Å². The molecule has 0 bridgehead atoms. The summed E-state index contributed by atoms with van der Waals surface area (Å²) in [5.74, 6) is 0.903. The summed E-state index contributed by atoms with van der Waals surface area (Å²) in [4.78, 5) is 3.25. The van der Waals surface area contributed by atoms with Gasteiger partial charge in [-0.05, 0) is 30.3 Å². The number of hydrogen-bond acceptors (Lipinski definition) is 2. The van der Waals surface area contributed by atoms with Crippen LogP contribution in [-0.4, -0.2) is 18.6 Å². The summed E-state index contributed by atoms with van der Waals surface area (Å²) < 4.78 is 5.22. The second-order valence-electron chi connectivity index (χ2n) is 3.51. The number of aromatic amines is 1. The Morgan fingerprint density at radius 1 is 1.40 bits per heavy atom. The number of H-pyrrole nitrogens is 1. The van der Waals surface area contributed by atoms with Crippen LogP contribution in [0, 0.1) is 0 Å². The standard InChI is InChI=1S/C12H16N2O/c1-3-13-7-9-8-14-12-5-4-10(15-2)6-11(9)12/h4-6,8,13-14H,3,7H2,1-2H3. The molecule has 0 amide bonds. The van der Waals surface area contributed by atoms with Crippen LogP contribution in [0.2, 0.25) is 0 Å². The van der Waals surface area contributed by atoms with Crippen molar-refractivity contribution in [2.24, 2.45) is 0 Å². The Morgan fingerprint density at radius 3 is 3.00 bits per heavy atom. The number of nitrogens with one attached hydrogen (secondary N) is 2. The second kappa shape index (κ2) is 4.36. The highest BCUT2D eigenvalue weighted by Gasteiger charge is 2.03. The van der Waals surface area contributed by atoms with Crippen LogP contribution in [0.15, 0.2) is 24.4 Å². The number of methoxy groups -OCH3 is 1. The van der Waals surface area contributed by atoms with E-state index >= 15 is 0 Å². The van der Waals surface area contributed by atoms with Crippen molar-refractivity contribution >= 4 is 10.9 Å². The number of fused-ring (bicyclic) bond motifs is 1. The van der Waals surface area contributed by atoms with Gasteiger partial charge in [0.1, 0.15) is 5.75 Å². The molecule has 1 aromatic carbocycles. The minimum atomic E-state index is 0.893. The van der Waals surface area contributed by atoms with Gasteiger partial charge in [-0.25, -0.2) is 0 Å². The van der Waals surface area contributed by atoms with E-state index in [0.717, 1.165) is 24.4 Å². The molecule has 3 heteroatoms. The first-order valence-corrected chi connectivity index (χ1v) is 5.20. The summed E-state index contributed by atoms with van der Waals surface area (Å²) in [5, 5.41) is 4.55. The topological polar surface area (TPSA) is 37.0 Å². The first-order valence-electron chi connectivity index (χ1n) is 5.20. The lowest BCUT2D eigenvalue weighted by atomic mass is 10.1. The molecule has 2 rings (SSSR count). The molecule has 2 aromatic rings. The van der Waals surface area contributed by atoms with Crippen molar-refractivity contribution in [2.75, 3.05) is 13.7 Å². The normalized spacial score (nSPS) is 10.8. The minimum absolute atomic E-state index is 0.893. The van der Waals surface area contributed by atoms with Crippen LogP contribution in [0.4, 0.5) is 0 Å². The quantitative estimate of drug-likeness (QED) is 0.801. The summed E-state index contributed by atoms with van der Waals surface area (Å²) in [7, 11) is 1.69. The zero-order chi connectivity index (χ0) is 10.7. The molecule has 0 unspecified atom stereocenters. The summed E-state index contributed by atoms with van der Waals surface area (Å²) in [5.41, 5.74) is 2.44. The van der Waals surface area contributed by atoms with Crippen molar-refractivity contribution in [1.29, 1.82) is 0 Å². The SMILES string of the molecule is CCNCc1c[nH]c2ccc(OC)cc12. The molecule has 2 N–H and O–H groups in total. The first-order chi connectivity index (χ1) is 7.35. The fourth-order valence-corrected chi connectivity index (χ4v) is 1.69. The Labute approximate surface area is 89.4 Å². The molecule has 0 fully saturated rings. The molecule has 0 radical (unpaired) electrons. The van der Waals surface area contributed by atoms with Crippen molar-refractivity contribution in [1.82, 2.24) is 10.3 Å². The maximum atomic E-state index is 5.22. The van der Waals surface area contributed by atoms with Crippen LogP contribution in [0.3, 0.4) is 0 Å². The Balaban J connectivity index is 2.38. The molecule has 0 saturated heterocycles. The molecule has 0 saturated carbocycles. The van der Waals surface area contributed by atoms with Gasteiger partial charge in [-0.1, -0.05) is 6.92 Å². The lowest BCUT2D eigenvalue weighted by Crippen LogP contribution is -2.11. The smallest absolute Gasteiger partial charge is 0.119 e. The molecule has 0 atom stereocenters. The van der Waals surface area contributed by atoms with Crippen LogP contribution in [0.25, 0.3) is 10.9 Å². The largest absolute Gasteiger partial charge is 0.497 e. The fourth-order valence-electron chi connectivity index (χ4n) is 1.69. The van der Waals surface area contributed by atoms with Gasteiger partial charge in [0.2, 0.25) is 0 Å². The number of rotatable bonds is 4. The van der Waals surface area contributed by atoms with Gasteiger partial charge in [0, 0.05) is 23.6 Å². The van der Waals surface area contributed by atoms with E-state index in [4.69, 9.17) is 4.74 Å². The maximum Gasteiger partial charge on any atom is 0.119 e. The van der Waals surface area contributed by atoms with E-state index in [-0.39, 0.29) is 0 Å². The molecule has 1 aromatic heterocycles. The summed E-state index contributed by atoms with van der Waals surface area (Å²) >= 11 is 0. The van der Waals surface area contributed by atoms with Gasteiger partial charge in [0.15, 0.2) is 0 Å². The number of benzene rings is 1. The van der Waals surface area contributed by atoms with Crippen LogP contribution in [0.1, 0.15) is 12.5 Å². The molecule has 0 aliphatic carbocycles. The molecular formula is C12H16N2O. The Morgan fingerprint density at radius 2 is 2.27 bits per heavy atom. The molecule has 15 heavy (non-hydrogen) atoms. The Bertz CT molecular complexity index is 448. The average Bonchev–Trinajstić information content (AvgIpc) is 2.68. The van der Waals surface area contributed by atoms with E-state index < -0.39 is 0 Å². The highest BCUT2D eigenvalue weighted by molar-refractivity contribution is 5.84. The molecule has 80 valence electrons. The van der Waals surface area contributed by atoms with Crippen molar-refractivity contribution < 1.29 is 4.74 Å². The summed E-state index contributed by atoms with van der Waals surface area (Å²) in [6, 6.07) is 6.08. The summed E-state index contributed by atoms with van der Waals surface area (Å²) in [6.45, 7) is 3.98. The third kappa shape index (κ3) is 1.97. The molecule has 0 aliphatic heterocycles. The van der Waals surface area contributed by atoms with Crippen LogP contribution < -0.4 is 10.1 Å². The highest BCUT2D eigenvalue weighted by Crippen LogP contribution is 2.23. The van der Waals surface area contributed by atoms with Crippen molar-refractivity contribution in [3.05, 3.63) is 30.0 Å². The van der Waals surface area contributed by atoms with E-state index in [2.05, 4.69) is 23.3 Å². The zero-order valence-corrected chi connectivity index (χ0v) is 9.13. The molecule has 1 heterocycles. The lowest BCUT2D eigenvalue weighted by molar-refractivity contribution is 0.415. The Hall–Kier alpha value is -1.48. The van der Waals surface area contributed by atoms with Crippen molar-refractivity contribution in [2.45, 2.75) is 13.5 Å². The van der Waals surface area contributed by atoms with Gasteiger partial charge in [0.25, 0.3) is 0 Å². The van der Waals surface area contributed by atoms with E-state index in [1.165, 1.54) is 10.9 Å². The van der Waals surface area contributed by atoms with E-state index in [1.54, 1.807) is 7.11 Å². The highest BCUT2D eigenvalue weighted by atomic mass is 16.5. The molecule has 0 spiro atoms. The van der Waals surface area contributed by atoms with Crippen LogP contribution >= 0.6 is 0 Å². The maximum absolute atomic E-state index is 5.22. The van der Waals surface area contributed by atoms with Gasteiger partial charge in [-0.3, -0.25) is 0 Å². The minimum Gasteiger partial charge on any atom is -0.497 e.